The second-order valence-electron chi connectivity index (χ2n) is 16.1. The van der Waals surface area contributed by atoms with Gasteiger partial charge in [-0.05, 0) is 137 Å². The molecule has 11 rings (SSSR count). The molecule has 1 aliphatic heterocycles. The minimum absolute atomic E-state index is 0.0780. The summed E-state index contributed by atoms with van der Waals surface area (Å²) in [5, 5.41) is 0. The molecular weight excluding hydrogens is 731 g/mol. The van der Waals surface area contributed by atoms with Crippen LogP contribution in [0, 0.1) is 0 Å². The second-order valence-corrected chi connectivity index (χ2v) is 16.1. The molecule has 3 aliphatic carbocycles. The van der Waals surface area contributed by atoms with Crippen LogP contribution >= 0.6 is 0 Å². The maximum absolute atomic E-state index is 14.4. The Bertz CT molecular complexity index is 2820. The minimum atomic E-state index is -0.422. The van der Waals surface area contributed by atoms with E-state index in [0.717, 1.165) is 84.6 Å². The monoisotopic (exact) mass is 771 g/mol. The van der Waals surface area contributed by atoms with Crippen LogP contribution in [-0.2, 0) is 5.41 Å². The Hall–Kier alpha value is -7.69. The molecule has 0 spiro atoms. The molecule has 7 aromatic rings. The van der Waals surface area contributed by atoms with Crippen LogP contribution in [0.2, 0.25) is 0 Å². The first-order chi connectivity index (χ1) is 29.5. The van der Waals surface area contributed by atoms with Gasteiger partial charge in [0.2, 0.25) is 0 Å². The maximum Gasteiger partial charge on any atom is 0.194 e. The van der Waals surface area contributed by atoms with Crippen LogP contribution in [0.4, 0.5) is 51.2 Å². The molecule has 0 aromatic heterocycles. The molecule has 0 amide bonds. The number of benzene rings is 7. The summed E-state index contributed by atoms with van der Waals surface area (Å²) in [6, 6.07) is 74.8. The summed E-state index contributed by atoms with van der Waals surface area (Å²) < 4.78 is 0. The lowest BCUT2D eigenvalue weighted by Gasteiger charge is -2.43. The number of hydrogen-bond acceptors (Lipinski definition) is 4. The Morgan fingerprint density at radius 1 is 0.383 bits per heavy atom. The van der Waals surface area contributed by atoms with E-state index in [1.54, 1.807) is 0 Å². The number of fused-ring (bicyclic) bond motifs is 7. The number of rotatable bonds is 7. The van der Waals surface area contributed by atoms with Gasteiger partial charge in [-0.3, -0.25) is 4.79 Å². The largest absolute Gasteiger partial charge is 0.310 e. The van der Waals surface area contributed by atoms with E-state index in [-0.39, 0.29) is 5.78 Å². The van der Waals surface area contributed by atoms with Gasteiger partial charge >= 0.3 is 0 Å². The van der Waals surface area contributed by atoms with Crippen molar-refractivity contribution in [2.75, 3.05) is 14.7 Å². The van der Waals surface area contributed by atoms with Crippen LogP contribution in [0.1, 0.15) is 40.9 Å². The van der Waals surface area contributed by atoms with Gasteiger partial charge in [0.1, 0.15) is 0 Å². The van der Waals surface area contributed by atoms with Crippen molar-refractivity contribution in [3.8, 4) is 22.3 Å². The van der Waals surface area contributed by atoms with Gasteiger partial charge in [0.15, 0.2) is 5.78 Å². The molecule has 4 aliphatic rings. The fourth-order valence-corrected chi connectivity index (χ4v) is 9.45. The van der Waals surface area contributed by atoms with Crippen LogP contribution < -0.4 is 14.7 Å². The van der Waals surface area contributed by atoms with Crippen LogP contribution in [0.3, 0.4) is 0 Å². The van der Waals surface area contributed by atoms with Gasteiger partial charge in [0, 0.05) is 56.4 Å². The second kappa shape index (κ2) is 14.0. The molecule has 1 heterocycles. The normalized spacial score (nSPS) is 13.3. The SMILES string of the molecule is CC1(C)c2cc(N(c3ccccc3)c3ccccc3)ccc2N(c2ccc3c(c2)C(=O)c2c4cccccc-4cc2-3)c2ccc(N(c3ccccc3)c3ccccc3)cc21. The Kier molecular flexibility index (Phi) is 8.28. The molecule has 60 heavy (non-hydrogen) atoms. The first-order valence-corrected chi connectivity index (χ1v) is 20.6. The summed E-state index contributed by atoms with van der Waals surface area (Å²) in [6.45, 7) is 4.68. The van der Waals surface area contributed by atoms with Crippen molar-refractivity contribution >= 4 is 57.0 Å². The Morgan fingerprint density at radius 3 is 1.32 bits per heavy atom. The zero-order valence-electron chi connectivity index (χ0n) is 33.5. The highest BCUT2D eigenvalue weighted by Gasteiger charge is 2.40. The predicted octanol–water partition coefficient (Wildman–Crippen LogP) is 15.1. The van der Waals surface area contributed by atoms with Gasteiger partial charge in [-0.25, -0.2) is 0 Å². The zero-order chi connectivity index (χ0) is 40.4. The van der Waals surface area contributed by atoms with Gasteiger partial charge < -0.3 is 14.7 Å². The van der Waals surface area contributed by atoms with E-state index < -0.39 is 5.41 Å². The third-order valence-electron chi connectivity index (χ3n) is 12.3. The van der Waals surface area contributed by atoms with E-state index in [0.29, 0.717) is 0 Å². The smallest absolute Gasteiger partial charge is 0.194 e. The highest BCUT2D eigenvalue weighted by Crippen LogP contribution is 2.56. The molecule has 4 heteroatoms. The first-order valence-electron chi connectivity index (χ1n) is 20.6. The molecule has 0 saturated heterocycles. The highest BCUT2D eigenvalue weighted by atomic mass is 16.1. The molecule has 0 saturated carbocycles. The Balaban J connectivity index is 1.12. The van der Waals surface area contributed by atoms with E-state index in [4.69, 9.17) is 0 Å². The fraction of sp³-hybridized carbons (Fsp3) is 0.0536. The number of anilines is 9. The van der Waals surface area contributed by atoms with E-state index in [1.165, 1.54) is 11.1 Å². The van der Waals surface area contributed by atoms with Crippen molar-refractivity contribution in [3.63, 3.8) is 0 Å². The topological polar surface area (TPSA) is 26.8 Å². The van der Waals surface area contributed by atoms with Crippen molar-refractivity contribution in [1.29, 1.82) is 0 Å². The van der Waals surface area contributed by atoms with Crippen molar-refractivity contribution in [1.82, 2.24) is 0 Å². The zero-order valence-corrected chi connectivity index (χ0v) is 33.5. The van der Waals surface area contributed by atoms with Crippen LogP contribution in [0.25, 0.3) is 22.3 Å². The predicted molar refractivity (Wildman–Crippen MR) is 248 cm³/mol. The third kappa shape index (κ3) is 5.64. The highest BCUT2D eigenvalue weighted by molar-refractivity contribution is 6.26. The summed E-state index contributed by atoms with van der Waals surface area (Å²) in [6.07, 6.45) is 0. The average Bonchev–Trinajstić information content (AvgIpc) is 3.67. The molecule has 286 valence electrons. The lowest BCUT2D eigenvalue weighted by Crippen LogP contribution is -2.31. The Morgan fingerprint density at radius 2 is 0.833 bits per heavy atom. The number of ketones is 1. The van der Waals surface area contributed by atoms with Gasteiger partial charge in [-0.2, -0.15) is 0 Å². The van der Waals surface area contributed by atoms with Crippen molar-refractivity contribution in [2.45, 2.75) is 19.3 Å². The number of hydrogen-bond donors (Lipinski definition) is 0. The third-order valence-corrected chi connectivity index (χ3v) is 12.3. The van der Waals surface area contributed by atoms with Crippen molar-refractivity contribution < 1.29 is 4.79 Å². The molecule has 0 fully saturated rings. The van der Waals surface area contributed by atoms with Gasteiger partial charge in [-0.1, -0.05) is 123 Å². The lowest BCUT2D eigenvalue weighted by atomic mass is 9.73. The number of para-hydroxylation sites is 4. The molecule has 0 unspecified atom stereocenters. The van der Waals surface area contributed by atoms with Gasteiger partial charge in [-0.15, -0.1) is 0 Å². The van der Waals surface area contributed by atoms with E-state index in [2.05, 4.69) is 223 Å². The van der Waals surface area contributed by atoms with Crippen LogP contribution in [-0.4, -0.2) is 5.78 Å². The molecule has 4 nitrogen and oxygen atoms in total. The summed E-state index contributed by atoms with van der Waals surface area (Å²) in [5.41, 5.74) is 17.2. The first kappa shape index (κ1) is 35.5. The summed E-state index contributed by atoms with van der Waals surface area (Å²) in [5.74, 6) is 0.0780. The van der Waals surface area contributed by atoms with Crippen LogP contribution in [0.15, 0.2) is 212 Å². The maximum atomic E-state index is 14.4. The number of carbonyl (C=O) groups is 1. The Labute approximate surface area is 351 Å². The van der Waals surface area contributed by atoms with E-state index >= 15 is 0 Å². The number of carbonyl (C=O) groups excluding carboxylic acids is 1. The quantitative estimate of drug-likeness (QED) is 0.161. The molecule has 0 bridgehead atoms. The summed E-state index contributed by atoms with van der Waals surface area (Å²) >= 11 is 0. The van der Waals surface area contributed by atoms with E-state index in [1.807, 2.05) is 18.2 Å². The summed E-state index contributed by atoms with van der Waals surface area (Å²) in [7, 11) is 0. The minimum Gasteiger partial charge on any atom is -0.310 e. The fourth-order valence-electron chi connectivity index (χ4n) is 9.45. The molecule has 0 radical (unpaired) electrons. The van der Waals surface area contributed by atoms with Gasteiger partial charge in [0.05, 0.1) is 11.4 Å². The standard InChI is InChI=1S/C56H41N3O/c1-56(2)50-36-44(57(39-19-9-4-10-20-39)40-21-11-5-12-22-40)29-32-52(50)59(43-28-31-47-48-34-38-18-8-3-17-27-46(38)54(48)55(60)49(47)35-43)53-33-30-45(37-51(53)56)58(41-23-13-6-14-24-41)42-25-15-7-16-26-42/h3-37H,1-2H3. The van der Waals surface area contributed by atoms with Crippen molar-refractivity contribution in [3.05, 3.63) is 235 Å². The molecule has 7 aromatic carbocycles. The lowest BCUT2D eigenvalue weighted by molar-refractivity contribution is 0.104. The average molecular weight is 772 g/mol. The van der Waals surface area contributed by atoms with Crippen LogP contribution in [0.5, 0.6) is 0 Å². The van der Waals surface area contributed by atoms with Gasteiger partial charge in [0.25, 0.3) is 0 Å². The van der Waals surface area contributed by atoms with E-state index in [9.17, 15) is 4.79 Å². The number of nitrogens with zero attached hydrogens (tertiary/aromatic N) is 3. The molecule has 0 N–H and O–H groups in total. The summed E-state index contributed by atoms with van der Waals surface area (Å²) in [4.78, 5) is 21.5. The van der Waals surface area contributed by atoms with Crippen molar-refractivity contribution in [2.24, 2.45) is 0 Å². The molecular formula is C56H41N3O. The molecule has 0 atom stereocenters.